The van der Waals surface area contributed by atoms with Crippen molar-refractivity contribution >= 4 is 18.2 Å². The number of hydrogen-bond donors (Lipinski definition) is 5. The van der Waals surface area contributed by atoms with Crippen molar-refractivity contribution in [2.45, 2.75) is 30.0 Å². The summed E-state index contributed by atoms with van der Waals surface area (Å²) in [4.78, 5) is 39.0. The summed E-state index contributed by atoms with van der Waals surface area (Å²) in [6, 6.07) is 0. The Hall–Kier alpha value is -2.06. The van der Waals surface area contributed by atoms with Crippen LogP contribution in [-0.4, -0.2) is 93.4 Å². The van der Waals surface area contributed by atoms with E-state index in [2.05, 4.69) is 15.0 Å². The van der Waals surface area contributed by atoms with E-state index in [1.165, 1.54) is 0 Å². The van der Waals surface area contributed by atoms with Crippen molar-refractivity contribution in [3.8, 4) is 0 Å². The van der Waals surface area contributed by atoms with Crippen LogP contribution in [0.2, 0.25) is 0 Å². The van der Waals surface area contributed by atoms with Crippen molar-refractivity contribution in [2.24, 2.45) is 15.0 Å². The van der Waals surface area contributed by atoms with Gasteiger partial charge in [-0.05, 0) is 0 Å². The monoisotopic (exact) mass is 317 g/mol. The number of nitrogens with zero attached hydrogens (tertiary/aromatic N) is 3. The predicted molar refractivity (Wildman–Crippen MR) is 67.9 cm³/mol. The largest absolute Gasteiger partial charge is 0.388 e. The normalized spacial score (nSPS) is 18.4. The van der Waals surface area contributed by atoms with E-state index in [0.717, 1.165) is 18.2 Å². The van der Waals surface area contributed by atoms with Crippen LogP contribution in [0.1, 0.15) is 0 Å². The molecule has 11 nitrogen and oxygen atoms in total. The Morgan fingerprint density at radius 1 is 0.773 bits per heavy atom. The summed E-state index contributed by atoms with van der Waals surface area (Å²) in [5.41, 5.74) is -2.82. The Balaban J connectivity index is 5.48. The first-order chi connectivity index (χ1) is 10.4. The summed E-state index contributed by atoms with van der Waals surface area (Å²) < 4.78 is 0. The van der Waals surface area contributed by atoms with E-state index >= 15 is 0 Å². The zero-order valence-corrected chi connectivity index (χ0v) is 11.2. The number of aliphatic imine (C=N–C) groups is 3. The van der Waals surface area contributed by atoms with Gasteiger partial charge in [-0.1, -0.05) is 0 Å². The van der Waals surface area contributed by atoms with Crippen molar-refractivity contribution in [3.63, 3.8) is 0 Å². The Bertz CT molecular complexity index is 468. The second-order valence-electron chi connectivity index (χ2n) is 4.23. The van der Waals surface area contributed by atoms with Gasteiger partial charge in [-0.2, -0.15) is 0 Å². The molecule has 0 rings (SSSR count). The van der Waals surface area contributed by atoms with E-state index in [4.69, 9.17) is 0 Å². The van der Waals surface area contributed by atoms with Crippen LogP contribution in [0, 0.1) is 0 Å². The zero-order chi connectivity index (χ0) is 17.2. The highest BCUT2D eigenvalue weighted by atomic mass is 16.4. The third kappa shape index (κ3) is 5.05. The van der Waals surface area contributed by atoms with Crippen LogP contribution in [0.5, 0.6) is 0 Å². The standard InChI is InChI=1S/C11H15N3O8/c15-4-12-1-7(18)10(21)11(22,8(19)2-13-5-16)9(20)3-14-6-17/h7-10,18-22H,1-3H2. The van der Waals surface area contributed by atoms with Crippen molar-refractivity contribution in [3.05, 3.63) is 0 Å². The number of rotatable bonds is 10. The van der Waals surface area contributed by atoms with Crippen LogP contribution >= 0.6 is 0 Å². The SMILES string of the molecule is O=C=NCC(O)C(O)C(O)(C(O)CN=C=O)C(O)CN=C=O. The lowest BCUT2D eigenvalue weighted by molar-refractivity contribution is -0.216. The minimum Gasteiger partial charge on any atom is -0.388 e. The van der Waals surface area contributed by atoms with Gasteiger partial charge < -0.3 is 25.5 Å². The van der Waals surface area contributed by atoms with Gasteiger partial charge in [-0.25, -0.2) is 29.4 Å². The zero-order valence-electron chi connectivity index (χ0n) is 11.2. The molecule has 0 aromatic carbocycles. The van der Waals surface area contributed by atoms with Crippen LogP contribution in [-0.2, 0) is 14.4 Å². The van der Waals surface area contributed by atoms with E-state index < -0.39 is 49.7 Å². The molecule has 122 valence electrons. The average molecular weight is 317 g/mol. The maximum absolute atomic E-state index is 10.3. The molecule has 4 unspecified atom stereocenters. The highest BCUT2D eigenvalue weighted by Gasteiger charge is 2.51. The Morgan fingerprint density at radius 3 is 1.50 bits per heavy atom. The first kappa shape index (κ1) is 19.9. The van der Waals surface area contributed by atoms with Crippen LogP contribution < -0.4 is 0 Å². The molecule has 0 aliphatic heterocycles. The lowest BCUT2D eigenvalue weighted by Crippen LogP contribution is -2.65. The fraction of sp³-hybridized carbons (Fsp3) is 0.727. The highest BCUT2D eigenvalue weighted by molar-refractivity contribution is 5.34. The minimum absolute atomic E-state index is 0.680. The molecule has 0 bridgehead atoms. The minimum atomic E-state index is -2.82. The summed E-state index contributed by atoms with van der Waals surface area (Å²) in [5.74, 6) is 0. The molecule has 0 saturated carbocycles. The van der Waals surface area contributed by atoms with Gasteiger partial charge in [-0.3, -0.25) is 0 Å². The van der Waals surface area contributed by atoms with Crippen LogP contribution in [0.25, 0.3) is 0 Å². The Labute approximate surface area is 124 Å². The highest BCUT2D eigenvalue weighted by Crippen LogP contribution is 2.24. The molecule has 4 atom stereocenters. The molecule has 11 heteroatoms. The molecule has 0 heterocycles. The number of hydrogen-bond acceptors (Lipinski definition) is 11. The van der Waals surface area contributed by atoms with Crippen molar-refractivity contribution < 1.29 is 39.9 Å². The second kappa shape index (κ2) is 9.80. The van der Waals surface area contributed by atoms with Gasteiger partial charge >= 0.3 is 0 Å². The summed E-state index contributed by atoms with van der Waals surface area (Å²) in [6.45, 7) is -2.20. The topological polar surface area (TPSA) is 189 Å². The molecule has 22 heavy (non-hydrogen) atoms. The summed E-state index contributed by atoms with van der Waals surface area (Å²) in [7, 11) is 0. The Morgan fingerprint density at radius 2 is 1.14 bits per heavy atom. The number of aliphatic hydroxyl groups is 5. The van der Waals surface area contributed by atoms with Crippen molar-refractivity contribution in [1.29, 1.82) is 0 Å². The maximum atomic E-state index is 10.3. The molecular weight excluding hydrogens is 302 g/mol. The molecule has 0 fully saturated rings. The van der Waals surface area contributed by atoms with E-state index in [-0.39, 0.29) is 0 Å². The predicted octanol–water partition coefficient (Wildman–Crippen LogP) is -3.83. The second-order valence-corrected chi connectivity index (χ2v) is 4.23. The molecule has 0 radical (unpaired) electrons. The first-order valence-corrected chi connectivity index (χ1v) is 5.91. The van der Waals surface area contributed by atoms with Gasteiger partial charge in [-0.15, -0.1) is 0 Å². The lowest BCUT2D eigenvalue weighted by atomic mass is 9.81. The molecule has 0 saturated heterocycles. The smallest absolute Gasteiger partial charge is 0.235 e. The van der Waals surface area contributed by atoms with E-state index in [9.17, 15) is 39.9 Å². The molecule has 0 aliphatic carbocycles. The van der Waals surface area contributed by atoms with Crippen molar-refractivity contribution in [1.82, 2.24) is 0 Å². The Kier molecular flexibility index (Phi) is 8.88. The quantitative estimate of drug-likeness (QED) is 0.200. The summed E-state index contributed by atoms with van der Waals surface area (Å²) in [5, 5.41) is 49.5. The third-order valence-electron chi connectivity index (χ3n) is 2.91. The van der Waals surface area contributed by atoms with Gasteiger partial charge in [0.25, 0.3) is 0 Å². The van der Waals surface area contributed by atoms with E-state index in [1.54, 1.807) is 0 Å². The van der Waals surface area contributed by atoms with Crippen LogP contribution in [0.4, 0.5) is 0 Å². The van der Waals surface area contributed by atoms with Gasteiger partial charge in [0.15, 0.2) is 0 Å². The number of aliphatic hydroxyl groups excluding tert-OH is 4. The maximum Gasteiger partial charge on any atom is 0.235 e. The molecule has 0 spiro atoms. The molecule has 5 N–H and O–H groups in total. The van der Waals surface area contributed by atoms with Gasteiger partial charge in [0.1, 0.15) is 30.0 Å². The molecular formula is C11H15N3O8. The van der Waals surface area contributed by atoms with Gasteiger partial charge in [0, 0.05) is 0 Å². The van der Waals surface area contributed by atoms with E-state index in [1.807, 2.05) is 0 Å². The molecule has 0 aromatic heterocycles. The third-order valence-corrected chi connectivity index (χ3v) is 2.91. The molecule has 0 amide bonds. The molecule has 0 aromatic rings. The number of carbonyl (C=O) groups excluding carboxylic acids is 3. The fourth-order valence-corrected chi connectivity index (χ4v) is 1.70. The van der Waals surface area contributed by atoms with Crippen LogP contribution in [0.15, 0.2) is 15.0 Å². The van der Waals surface area contributed by atoms with Crippen molar-refractivity contribution in [2.75, 3.05) is 19.6 Å². The molecule has 0 aliphatic rings. The lowest BCUT2D eigenvalue weighted by Gasteiger charge is -2.40. The van der Waals surface area contributed by atoms with E-state index in [0.29, 0.717) is 0 Å². The summed E-state index contributed by atoms with van der Waals surface area (Å²) >= 11 is 0. The van der Waals surface area contributed by atoms with Crippen LogP contribution in [0.3, 0.4) is 0 Å². The average Bonchev–Trinajstić information content (AvgIpc) is 2.53. The fourth-order valence-electron chi connectivity index (χ4n) is 1.70. The van der Waals surface area contributed by atoms with Gasteiger partial charge in [0.05, 0.1) is 19.6 Å². The van der Waals surface area contributed by atoms with Gasteiger partial charge in [0.2, 0.25) is 18.2 Å². The summed E-state index contributed by atoms with van der Waals surface area (Å²) in [6.07, 6.45) is -4.87. The number of isocyanates is 3. The first-order valence-electron chi connectivity index (χ1n) is 5.91.